The molecule has 2 rings (SSSR count). The monoisotopic (exact) mass is 372 g/mol. The van der Waals surface area contributed by atoms with Crippen molar-refractivity contribution in [2.75, 3.05) is 33.4 Å². The maximum Gasteiger partial charge on any atom is 0.255 e. The second-order valence-electron chi connectivity index (χ2n) is 5.04. The molecule has 0 fully saturated rings. The van der Waals surface area contributed by atoms with E-state index in [9.17, 15) is 4.79 Å². The third kappa shape index (κ3) is 5.49. The molecule has 0 bridgehead atoms. The average molecular weight is 373 g/mol. The third-order valence-electron chi connectivity index (χ3n) is 3.27. The molecule has 0 saturated heterocycles. The lowest BCUT2D eigenvalue weighted by Crippen LogP contribution is -2.33. The number of benzene rings is 1. The number of methoxy groups -OCH3 is 1. The molecule has 0 radical (unpaired) electrons. The van der Waals surface area contributed by atoms with Crippen LogP contribution in [0.1, 0.15) is 10.4 Å². The smallest absolute Gasteiger partial charge is 0.255 e. The summed E-state index contributed by atoms with van der Waals surface area (Å²) in [4.78, 5) is 12.4. The Kier molecular flexibility index (Phi) is 8.78. The average Bonchev–Trinajstić information content (AvgIpc) is 2.93. The second kappa shape index (κ2) is 10.3. The predicted molar refractivity (Wildman–Crippen MR) is 98.0 cm³/mol. The van der Waals surface area contributed by atoms with Crippen molar-refractivity contribution >= 4 is 29.9 Å². The van der Waals surface area contributed by atoms with E-state index in [-0.39, 0.29) is 18.3 Å². The first-order valence-corrected chi connectivity index (χ1v) is 7.77. The number of aromatic nitrogens is 2. The van der Waals surface area contributed by atoms with Gasteiger partial charge in [0.15, 0.2) is 0 Å². The van der Waals surface area contributed by atoms with E-state index >= 15 is 0 Å². The zero-order chi connectivity index (χ0) is 16.7. The predicted octanol–water partition coefficient (Wildman–Crippen LogP) is 2.13. The second-order valence-corrected chi connectivity index (χ2v) is 5.45. The highest BCUT2D eigenvalue weighted by Crippen LogP contribution is 2.28. The SMILES string of the molecule is COCCNCCNC(=O)c1cn(C)nc1-c1ccccc1Cl.Cl. The highest BCUT2D eigenvalue weighted by atomic mass is 35.5. The lowest BCUT2D eigenvalue weighted by molar-refractivity contribution is 0.0954. The van der Waals surface area contributed by atoms with Crippen LogP contribution in [0, 0.1) is 0 Å². The maximum atomic E-state index is 12.4. The van der Waals surface area contributed by atoms with Crippen molar-refractivity contribution in [1.82, 2.24) is 20.4 Å². The summed E-state index contributed by atoms with van der Waals surface area (Å²) in [5.41, 5.74) is 1.85. The summed E-state index contributed by atoms with van der Waals surface area (Å²) < 4.78 is 6.56. The van der Waals surface area contributed by atoms with Crippen molar-refractivity contribution in [2.24, 2.45) is 7.05 Å². The topological polar surface area (TPSA) is 68.2 Å². The van der Waals surface area contributed by atoms with Crippen LogP contribution in [0.4, 0.5) is 0 Å². The van der Waals surface area contributed by atoms with E-state index in [4.69, 9.17) is 16.3 Å². The lowest BCUT2D eigenvalue weighted by atomic mass is 10.1. The van der Waals surface area contributed by atoms with E-state index < -0.39 is 0 Å². The van der Waals surface area contributed by atoms with Gasteiger partial charge < -0.3 is 15.4 Å². The van der Waals surface area contributed by atoms with Crippen molar-refractivity contribution in [3.63, 3.8) is 0 Å². The van der Waals surface area contributed by atoms with Gasteiger partial charge in [-0.25, -0.2) is 0 Å². The van der Waals surface area contributed by atoms with Crippen LogP contribution < -0.4 is 10.6 Å². The van der Waals surface area contributed by atoms with Gasteiger partial charge in [-0.1, -0.05) is 29.8 Å². The Bertz CT molecular complexity index is 661. The summed E-state index contributed by atoms with van der Waals surface area (Å²) in [6.45, 7) is 2.60. The molecule has 0 aliphatic carbocycles. The molecule has 0 aliphatic heterocycles. The van der Waals surface area contributed by atoms with Gasteiger partial charge in [0.2, 0.25) is 0 Å². The molecule has 0 spiro atoms. The van der Waals surface area contributed by atoms with E-state index in [1.165, 1.54) is 0 Å². The zero-order valence-electron chi connectivity index (χ0n) is 13.7. The number of amides is 1. The number of halogens is 2. The van der Waals surface area contributed by atoms with Crippen LogP contribution in [0.2, 0.25) is 5.02 Å². The van der Waals surface area contributed by atoms with Crippen LogP contribution in [0.15, 0.2) is 30.5 Å². The van der Waals surface area contributed by atoms with Crippen LogP contribution in [0.3, 0.4) is 0 Å². The molecule has 1 aromatic carbocycles. The molecular formula is C16H22Cl2N4O2. The standard InChI is InChI=1S/C16H21ClN4O2.ClH/c1-21-11-13(16(22)19-8-7-18-9-10-23-2)15(20-21)12-5-3-4-6-14(12)17;/h3-6,11,18H,7-10H2,1-2H3,(H,19,22);1H. The van der Waals surface area contributed by atoms with Gasteiger partial charge in [-0.05, 0) is 6.07 Å². The van der Waals surface area contributed by atoms with E-state index in [1.54, 1.807) is 31.1 Å². The van der Waals surface area contributed by atoms with Crippen LogP contribution in [-0.4, -0.2) is 49.0 Å². The first-order chi connectivity index (χ1) is 11.1. The molecule has 2 aromatic rings. The molecule has 1 amide bonds. The van der Waals surface area contributed by atoms with Crippen LogP contribution in [0.5, 0.6) is 0 Å². The molecule has 2 N–H and O–H groups in total. The highest BCUT2D eigenvalue weighted by molar-refractivity contribution is 6.33. The van der Waals surface area contributed by atoms with Crippen molar-refractivity contribution < 1.29 is 9.53 Å². The van der Waals surface area contributed by atoms with Crippen molar-refractivity contribution in [1.29, 1.82) is 0 Å². The molecule has 24 heavy (non-hydrogen) atoms. The fourth-order valence-electron chi connectivity index (χ4n) is 2.17. The number of carbonyl (C=O) groups excluding carboxylic acids is 1. The number of nitrogens with one attached hydrogen (secondary N) is 2. The number of ether oxygens (including phenoxy) is 1. The third-order valence-corrected chi connectivity index (χ3v) is 3.60. The molecule has 1 heterocycles. The Morgan fingerprint density at radius 2 is 2.04 bits per heavy atom. The van der Waals surface area contributed by atoms with Gasteiger partial charge in [-0.2, -0.15) is 5.10 Å². The number of rotatable bonds is 8. The molecular weight excluding hydrogens is 351 g/mol. The normalized spacial score (nSPS) is 10.3. The number of aryl methyl sites for hydroxylation is 1. The number of hydrogen-bond donors (Lipinski definition) is 2. The Morgan fingerprint density at radius 3 is 2.75 bits per heavy atom. The minimum atomic E-state index is -0.165. The number of carbonyl (C=O) groups is 1. The van der Waals surface area contributed by atoms with Crippen LogP contribution in [0.25, 0.3) is 11.3 Å². The van der Waals surface area contributed by atoms with Gasteiger partial charge in [0.1, 0.15) is 5.69 Å². The molecule has 6 nitrogen and oxygen atoms in total. The van der Waals surface area contributed by atoms with E-state index in [2.05, 4.69) is 15.7 Å². The van der Waals surface area contributed by atoms with Gasteiger partial charge in [0.25, 0.3) is 5.91 Å². The van der Waals surface area contributed by atoms with E-state index in [1.807, 2.05) is 18.2 Å². The minimum absolute atomic E-state index is 0. The zero-order valence-corrected chi connectivity index (χ0v) is 15.3. The largest absolute Gasteiger partial charge is 0.383 e. The van der Waals surface area contributed by atoms with Crippen LogP contribution >= 0.6 is 24.0 Å². The van der Waals surface area contributed by atoms with Gasteiger partial charge in [-0.3, -0.25) is 9.48 Å². The quantitative estimate of drug-likeness (QED) is 0.696. The summed E-state index contributed by atoms with van der Waals surface area (Å²) in [5.74, 6) is -0.165. The molecule has 0 unspecified atom stereocenters. The van der Waals surface area contributed by atoms with Crippen molar-refractivity contribution in [3.05, 3.63) is 41.0 Å². The number of hydrogen-bond acceptors (Lipinski definition) is 4. The van der Waals surface area contributed by atoms with Crippen molar-refractivity contribution in [3.8, 4) is 11.3 Å². The van der Waals surface area contributed by atoms with Gasteiger partial charge in [0, 0.05) is 45.6 Å². The molecule has 1 aromatic heterocycles. The summed E-state index contributed by atoms with van der Waals surface area (Å²) in [6, 6.07) is 7.36. The fourth-order valence-corrected chi connectivity index (χ4v) is 2.39. The first kappa shape index (κ1) is 20.4. The molecule has 8 heteroatoms. The summed E-state index contributed by atoms with van der Waals surface area (Å²) >= 11 is 6.22. The molecule has 0 aliphatic rings. The van der Waals surface area contributed by atoms with Gasteiger partial charge in [-0.15, -0.1) is 12.4 Å². The summed E-state index contributed by atoms with van der Waals surface area (Å²) in [5, 5.41) is 11.0. The van der Waals surface area contributed by atoms with Gasteiger partial charge in [0.05, 0.1) is 17.2 Å². The lowest BCUT2D eigenvalue weighted by Gasteiger charge is -2.07. The van der Waals surface area contributed by atoms with Crippen molar-refractivity contribution in [2.45, 2.75) is 0 Å². The minimum Gasteiger partial charge on any atom is -0.383 e. The summed E-state index contributed by atoms with van der Waals surface area (Å²) in [6.07, 6.45) is 1.70. The van der Waals surface area contributed by atoms with Crippen LogP contribution in [-0.2, 0) is 11.8 Å². The Labute approximate surface area is 152 Å². The molecule has 0 saturated carbocycles. The Morgan fingerprint density at radius 1 is 1.29 bits per heavy atom. The Balaban J connectivity index is 0.00000288. The van der Waals surface area contributed by atoms with E-state index in [0.717, 1.165) is 12.1 Å². The maximum absolute atomic E-state index is 12.4. The molecule has 132 valence electrons. The number of nitrogens with zero attached hydrogens (tertiary/aromatic N) is 2. The fraction of sp³-hybridized carbons (Fsp3) is 0.375. The summed E-state index contributed by atoms with van der Waals surface area (Å²) in [7, 11) is 3.44. The van der Waals surface area contributed by atoms with Gasteiger partial charge >= 0.3 is 0 Å². The Hall–Kier alpha value is -1.60. The first-order valence-electron chi connectivity index (χ1n) is 7.40. The van der Waals surface area contributed by atoms with E-state index in [0.29, 0.717) is 36.0 Å². The highest BCUT2D eigenvalue weighted by Gasteiger charge is 2.18. The molecule has 0 atom stereocenters.